The Balaban J connectivity index is -0.000000289. The summed E-state index contributed by atoms with van der Waals surface area (Å²) >= 11 is 0. The van der Waals surface area contributed by atoms with Crippen molar-refractivity contribution in [1.82, 2.24) is 14.7 Å². The fraction of sp³-hybridized carbons (Fsp3) is 1.00. The molecular weight excluding hydrogens is 1340 g/mol. The Morgan fingerprint density at radius 1 is 0.226 bits per heavy atom. The Morgan fingerprint density at radius 3 is 0.435 bits per heavy atom. The van der Waals surface area contributed by atoms with Gasteiger partial charge in [0.2, 0.25) is 0 Å². The molecule has 0 N–H and O–H groups in total. The number of nitrogens with zero attached hydrogens (tertiary/aromatic N) is 3. The Labute approximate surface area is 649 Å². The molecule has 0 aliphatic rings. The molecule has 62 heavy (non-hydrogen) atoms. The Kier molecular flexibility index (Phi) is 64.4. The molecule has 0 bridgehead atoms. The van der Waals surface area contributed by atoms with Gasteiger partial charge in [0.15, 0.2) is 0 Å². The van der Waals surface area contributed by atoms with Gasteiger partial charge in [0.05, 0.1) is 27.6 Å². The Morgan fingerprint density at radius 2 is 0.339 bits per heavy atom. The van der Waals surface area contributed by atoms with E-state index in [1.54, 1.807) is 0 Å². The van der Waals surface area contributed by atoms with Crippen LogP contribution in [0.1, 0.15) is 0 Å². The van der Waals surface area contributed by atoms with E-state index >= 15 is 0 Å². The topological polar surface area (TPSA) is 642 Å². The van der Waals surface area contributed by atoms with Crippen LogP contribution in [0.4, 0.5) is 0 Å². The van der Waals surface area contributed by atoms with Crippen LogP contribution in [0, 0.1) is 0 Å². The molecular formula is C9H13Ca10N3O30P10. The summed E-state index contributed by atoms with van der Waals surface area (Å²) in [6.45, 7) is -10.6. The first-order valence-corrected chi connectivity index (χ1v) is 27.7. The van der Waals surface area contributed by atoms with Crippen LogP contribution in [-0.2, 0) is 45.7 Å². The molecule has 0 amide bonds. The minimum absolute atomic E-state index is 0. The van der Waals surface area contributed by atoms with Gasteiger partial charge in [-0.25, -0.2) is 0 Å². The van der Waals surface area contributed by atoms with Gasteiger partial charge in [0, 0.05) is 26.2 Å². The molecule has 0 radical (unpaired) electrons. The van der Waals surface area contributed by atoms with E-state index in [4.69, 9.17) is 0 Å². The Bertz CT molecular complexity index is 1480. The second-order valence-electron chi connectivity index (χ2n) is 9.64. The summed E-state index contributed by atoms with van der Waals surface area (Å²) in [7, 11) is -74.5. The molecule has 0 aliphatic carbocycles. The summed E-state index contributed by atoms with van der Waals surface area (Å²) < 4.78 is 117. The van der Waals surface area contributed by atoms with Crippen molar-refractivity contribution in [2.24, 2.45) is 0 Å². The summed E-state index contributed by atoms with van der Waals surface area (Å²) in [5.41, 5.74) is -23.6. The minimum atomic E-state index is -7.47. The standard InChI is InChI=1S/C9H33N3O30P10.10Ca/c13-43(14,15)5(44(16,17)18)10(1-3-11(6(45(19,20)21)46(22,23)24)7(47(25,26)27)48(28,29)30)2-4-12(8(49(31,32)33)50(34,35)36)9(51(37,38)39)52(40,41)42;;;;;;;;;;/h5-9H,1-4H2,(H2,13,14,15)(H2,16,17,18)(H2,19,20,21)(H2,22,23,24)(H2,25,26,27)(H2,28,29,30)(H2,31,32,33)(H2,34,35,36)(H2,37,38,39)(H2,40,41,42);;;;;;;;;;/q;10*+2/p-20. The van der Waals surface area contributed by atoms with E-state index in [1.807, 2.05) is 0 Å². The van der Waals surface area contributed by atoms with E-state index < -0.39 is 144 Å². The van der Waals surface area contributed by atoms with Crippen LogP contribution in [0.15, 0.2) is 0 Å². The molecule has 0 atom stereocenters. The molecule has 0 aromatic rings. The van der Waals surface area contributed by atoms with Crippen molar-refractivity contribution in [2.75, 3.05) is 26.2 Å². The zero-order chi connectivity index (χ0) is 42.4. The van der Waals surface area contributed by atoms with Crippen LogP contribution < -0.4 is 97.9 Å². The van der Waals surface area contributed by atoms with Crippen molar-refractivity contribution >= 4 is 453 Å². The van der Waals surface area contributed by atoms with Crippen molar-refractivity contribution in [2.45, 2.75) is 27.6 Å². The van der Waals surface area contributed by atoms with Gasteiger partial charge in [0.1, 0.15) is 0 Å². The van der Waals surface area contributed by atoms with Gasteiger partial charge in [-0.3, -0.25) is 14.7 Å². The van der Waals surface area contributed by atoms with E-state index in [0.29, 0.717) is 0 Å². The van der Waals surface area contributed by atoms with Crippen LogP contribution in [0.3, 0.4) is 0 Å². The SMILES string of the molecule is O=P([O-])([O-])C(N(CCN(C(P(=O)([O-])[O-])P(=O)([O-])[O-])C(P(=O)([O-])[O-])P(=O)([O-])[O-])CCN(C(P(=O)([O-])[O-])P(=O)([O-])[O-])C(P(=O)([O-])[O-])P(=O)([O-])[O-])P(=O)([O-])[O-].[Ca+2].[Ca+2].[Ca+2].[Ca+2].[Ca+2].[Ca+2].[Ca+2].[Ca+2].[Ca+2].[Ca+2]. The van der Waals surface area contributed by atoms with Crippen LogP contribution in [0.2, 0.25) is 0 Å². The van der Waals surface area contributed by atoms with Gasteiger partial charge in [-0.15, -0.1) is 0 Å². The zero-order valence-electron chi connectivity index (χ0n) is 30.8. The van der Waals surface area contributed by atoms with E-state index in [-0.39, 0.29) is 377 Å². The van der Waals surface area contributed by atoms with Gasteiger partial charge in [-0.05, 0) is 76.0 Å². The normalized spacial score (nSPS) is 13.3. The maximum absolute atomic E-state index is 11.8. The predicted molar refractivity (Wildman–Crippen MR) is 178 cm³/mol. The van der Waals surface area contributed by atoms with Gasteiger partial charge in [-0.2, -0.15) is 0 Å². The van der Waals surface area contributed by atoms with Crippen molar-refractivity contribution in [3.05, 3.63) is 0 Å². The molecule has 0 fully saturated rings. The van der Waals surface area contributed by atoms with Crippen LogP contribution in [0.25, 0.3) is 0 Å². The third kappa shape index (κ3) is 36.4. The largest absolute Gasteiger partial charge is 2.00 e. The molecule has 0 saturated carbocycles. The summed E-state index contributed by atoms with van der Waals surface area (Å²) in [5.74, 6) is 0. The molecule has 53 heteroatoms. The summed E-state index contributed by atoms with van der Waals surface area (Å²) in [4.78, 5) is 229. The molecule has 33 nitrogen and oxygen atoms in total. The molecule has 0 heterocycles. The molecule has 0 rings (SSSR count). The van der Waals surface area contributed by atoms with Crippen LogP contribution >= 0.6 is 76.0 Å². The molecule has 0 aromatic carbocycles. The molecule has 0 aliphatic heterocycles. The second-order valence-corrected chi connectivity index (χ2v) is 27.4. The second kappa shape index (κ2) is 39.5. The number of rotatable bonds is 21. The maximum atomic E-state index is 11.8. The van der Waals surface area contributed by atoms with Crippen LogP contribution in [-0.4, -0.2) is 446 Å². The summed E-state index contributed by atoms with van der Waals surface area (Å²) in [6, 6.07) is 0. The third-order valence-corrected chi connectivity index (χ3v) is 22.8. The van der Waals surface area contributed by atoms with Gasteiger partial charge in [-0.1, -0.05) is 0 Å². The summed E-state index contributed by atoms with van der Waals surface area (Å²) in [5, 5.41) is 0. The van der Waals surface area contributed by atoms with E-state index in [1.165, 1.54) is 0 Å². The van der Waals surface area contributed by atoms with Crippen molar-refractivity contribution in [1.29, 1.82) is 0 Å². The molecule has 0 unspecified atom stereocenters. The van der Waals surface area contributed by atoms with Crippen molar-refractivity contribution < 1.29 is 144 Å². The van der Waals surface area contributed by atoms with Gasteiger partial charge in [0.25, 0.3) is 0 Å². The van der Waals surface area contributed by atoms with Crippen molar-refractivity contribution in [3.63, 3.8) is 0 Å². The van der Waals surface area contributed by atoms with Crippen molar-refractivity contribution in [3.8, 4) is 0 Å². The van der Waals surface area contributed by atoms with E-state index in [9.17, 15) is 144 Å². The van der Waals surface area contributed by atoms with E-state index in [0.717, 1.165) is 0 Å². The third-order valence-electron chi connectivity index (χ3n) is 5.63. The van der Waals surface area contributed by atoms with E-state index in [2.05, 4.69) is 0 Å². The smallest absolute Gasteiger partial charge is 0.809 e. The predicted octanol–water partition coefficient (Wildman–Crippen LogP) is -21.4. The van der Waals surface area contributed by atoms with Gasteiger partial charge >= 0.3 is 377 Å². The number of hydrogen-bond acceptors (Lipinski definition) is 33. The fourth-order valence-corrected chi connectivity index (χ4v) is 18.2. The minimum Gasteiger partial charge on any atom is -0.809 e. The maximum Gasteiger partial charge on any atom is 2.00 e. The first-order chi connectivity index (χ1) is 22.2. The average Bonchev–Trinajstić information content (AvgIpc) is 2.70. The molecule has 0 aromatic heterocycles. The molecule has 0 spiro atoms. The first-order valence-electron chi connectivity index (χ1n) is 11.6. The van der Waals surface area contributed by atoms with Gasteiger partial charge < -0.3 is 144 Å². The fourth-order valence-electron chi connectivity index (χ4n) is 4.25. The quantitative estimate of drug-likeness (QED) is 0.0760. The van der Waals surface area contributed by atoms with Crippen LogP contribution in [0.5, 0.6) is 0 Å². The molecule has 314 valence electrons. The monoisotopic (exact) mass is 1350 g/mol. The average molecular weight is 1350 g/mol. The summed E-state index contributed by atoms with van der Waals surface area (Å²) in [6.07, 6.45) is 0. The number of hydrogen-bond donors (Lipinski definition) is 0. The first kappa shape index (κ1) is 101. The molecule has 0 saturated heterocycles. The zero-order valence-corrected chi connectivity index (χ0v) is 61.9. The Hall–Kier alpha value is 14.0.